The van der Waals surface area contributed by atoms with E-state index in [2.05, 4.69) is 4.98 Å². The van der Waals surface area contributed by atoms with Crippen LogP contribution in [-0.2, 0) is 21.4 Å². The number of imidazole rings is 1. The first kappa shape index (κ1) is 20.8. The van der Waals surface area contributed by atoms with Crippen molar-refractivity contribution in [3.8, 4) is 6.07 Å². The smallest absolute Gasteiger partial charge is 0.331 e. The minimum absolute atomic E-state index is 0.0573. The number of carbonyl (C=O) groups is 1. The van der Waals surface area contributed by atoms with Crippen molar-refractivity contribution < 1.29 is 18.3 Å². The van der Waals surface area contributed by atoms with Gasteiger partial charge in [-0.05, 0) is 43.2 Å². The minimum Gasteiger partial charge on any atom is -0.480 e. The molecule has 2 aromatic heterocycles. The Hall–Kier alpha value is -3.49. The van der Waals surface area contributed by atoms with Crippen LogP contribution >= 0.6 is 0 Å². The molecule has 1 saturated heterocycles. The summed E-state index contributed by atoms with van der Waals surface area (Å²) in [6.07, 6.45) is 2.28. The zero-order chi connectivity index (χ0) is 22.2. The van der Waals surface area contributed by atoms with Gasteiger partial charge < -0.3 is 5.11 Å². The molecule has 160 valence electrons. The third-order valence-electron chi connectivity index (χ3n) is 5.40. The molecular formula is C20H19N5O5S. The van der Waals surface area contributed by atoms with Gasteiger partial charge in [0.1, 0.15) is 6.54 Å². The van der Waals surface area contributed by atoms with Crippen molar-refractivity contribution in [2.45, 2.75) is 30.3 Å². The molecule has 0 unspecified atom stereocenters. The number of aromatic nitrogens is 3. The lowest BCUT2D eigenvalue weighted by Gasteiger charge is -2.31. The van der Waals surface area contributed by atoms with Crippen LogP contribution in [0, 0.1) is 11.3 Å². The monoisotopic (exact) mass is 441 g/mol. The second-order valence-corrected chi connectivity index (χ2v) is 9.19. The molecule has 0 atom stereocenters. The van der Waals surface area contributed by atoms with Crippen molar-refractivity contribution in [2.75, 3.05) is 13.1 Å². The van der Waals surface area contributed by atoms with E-state index in [0.717, 1.165) is 0 Å². The minimum atomic E-state index is -3.77. The maximum absolute atomic E-state index is 13.0. The van der Waals surface area contributed by atoms with Gasteiger partial charge in [0, 0.05) is 25.3 Å². The van der Waals surface area contributed by atoms with Crippen molar-refractivity contribution in [3.63, 3.8) is 0 Å². The number of pyridine rings is 1. The predicted molar refractivity (Wildman–Crippen MR) is 110 cm³/mol. The molecule has 0 spiro atoms. The summed E-state index contributed by atoms with van der Waals surface area (Å²) in [5.41, 5.74) is 0.606. The van der Waals surface area contributed by atoms with Crippen LogP contribution in [0.1, 0.15) is 24.4 Å². The summed E-state index contributed by atoms with van der Waals surface area (Å²) >= 11 is 0. The molecular weight excluding hydrogens is 422 g/mol. The summed E-state index contributed by atoms with van der Waals surface area (Å²) in [7, 11) is -3.77. The number of fused-ring (bicyclic) bond motifs is 1. The number of sulfonamides is 1. The molecule has 1 N–H and O–H groups in total. The van der Waals surface area contributed by atoms with E-state index in [-0.39, 0.29) is 29.6 Å². The first-order valence-electron chi connectivity index (χ1n) is 9.61. The second kappa shape index (κ2) is 7.98. The van der Waals surface area contributed by atoms with Gasteiger partial charge in [0.05, 0.1) is 22.0 Å². The molecule has 0 radical (unpaired) electrons. The van der Waals surface area contributed by atoms with Gasteiger partial charge in [0.2, 0.25) is 10.0 Å². The molecule has 1 aliphatic rings. The molecule has 11 heteroatoms. The van der Waals surface area contributed by atoms with Crippen LogP contribution in [0.4, 0.5) is 0 Å². The molecule has 0 aliphatic carbocycles. The number of aliphatic carboxylic acids is 1. The normalized spacial score (nSPS) is 15.7. The van der Waals surface area contributed by atoms with E-state index >= 15 is 0 Å². The molecule has 3 aromatic rings. The lowest BCUT2D eigenvalue weighted by molar-refractivity contribution is -0.137. The number of nitriles is 1. The standard InChI is InChI=1S/C20H19N5O5S/c21-12-14-3-1-4-16(11-14)31(29,30)23-9-6-15(7-10-23)25-19-17(5-2-8-22-19)24(20(25)28)13-18(26)27/h1-5,8,11,15H,6-7,9-10,13H2,(H,26,27). The highest BCUT2D eigenvalue weighted by Gasteiger charge is 2.32. The van der Waals surface area contributed by atoms with Crippen LogP contribution in [0.3, 0.4) is 0 Å². The van der Waals surface area contributed by atoms with Crippen LogP contribution in [-0.4, -0.2) is 51.0 Å². The van der Waals surface area contributed by atoms with Gasteiger partial charge in [0.25, 0.3) is 0 Å². The van der Waals surface area contributed by atoms with Gasteiger partial charge in [-0.3, -0.25) is 13.9 Å². The number of piperidine rings is 1. The van der Waals surface area contributed by atoms with Crippen molar-refractivity contribution >= 4 is 27.2 Å². The number of carboxylic acid groups (broad SMARTS) is 1. The van der Waals surface area contributed by atoms with E-state index in [1.165, 1.54) is 43.9 Å². The number of hydrogen-bond donors (Lipinski definition) is 1. The van der Waals surface area contributed by atoms with Crippen molar-refractivity contribution in [1.29, 1.82) is 5.26 Å². The lowest BCUT2D eigenvalue weighted by Crippen LogP contribution is -2.41. The number of carboxylic acids is 1. The Morgan fingerprint density at radius 1 is 1.23 bits per heavy atom. The molecule has 1 aromatic carbocycles. The molecule has 0 bridgehead atoms. The Kier molecular flexibility index (Phi) is 5.34. The van der Waals surface area contributed by atoms with Crippen LogP contribution in [0.15, 0.2) is 52.3 Å². The molecule has 1 aliphatic heterocycles. The SMILES string of the molecule is N#Cc1cccc(S(=O)(=O)N2CCC(n3c(=O)n(CC(=O)O)c4cccnc43)CC2)c1. The average Bonchev–Trinajstić information content (AvgIpc) is 3.05. The van der Waals surface area contributed by atoms with Gasteiger partial charge in [-0.2, -0.15) is 9.57 Å². The largest absolute Gasteiger partial charge is 0.480 e. The van der Waals surface area contributed by atoms with E-state index < -0.39 is 28.2 Å². The number of nitrogens with zero attached hydrogens (tertiary/aromatic N) is 5. The Bertz CT molecular complexity index is 1360. The van der Waals surface area contributed by atoms with Crippen LogP contribution < -0.4 is 5.69 Å². The van der Waals surface area contributed by atoms with E-state index in [9.17, 15) is 18.0 Å². The van der Waals surface area contributed by atoms with Crippen LogP contribution in [0.2, 0.25) is 0 Å². The van der Waals surface area contributed by atoms with Crippen LogP contribution in [0.25, 0.3) is 11.2 Å². The van der Waals surface area contributed by atoms with Crippen molar-refractivity contribution in [3.05, 3.63) is 58.6 Å². The van der Waals surface area contributed by atoms with Gasteiger partial charge in [0.15, 0.2) is 5.65 Å². The summed E-state index contributed by atoms with van der Waals surface area (Å²) in [6.45, 7) is -0.0974. The number of rotatable bonds is 5. The van der Waals surface area contributed by atoms with Gasteiger partial charge in [-0.1, -0.05) is 6.07 Å². The summed E-state index contributed by atoms with van der Waals surface area (Å²) in [4.78, 5) is 28.5. The van der Waals surface area contributed by atoms with E-state index in [4.69, 9.17) is 10.4 Å². The number of benzene rings is 1. The maximum Gasteiger partial charge on any atom is 0.331 e. The fourth-order valence-electron chi connectivity index (χ4n) is 3.94. The van der Waals surface area contributed by atoms with Gasteiger partial charge >= 0.3 is 11.7 Å². The van der Waals surface area contributed by atoms with Gasteiger partial charge in [-0.15, -0.1) is 0 Å². The third-order valence-corrected chi connectivity index (χ3v) is 7.30. The maximum atomic E-state index is 13.0. The Morgan fingerprint density at radius 3 is 2.65 bits per heavy atom. The summed E-state index contributed by atoms with van der Waals surface area (Å²) in [5, 5.41) is 18.2. The number of hydrogen-bond acceptors (Lipinski definition) is 6. The molecule has 0 saturated carbocycles. The van der Waals surface area contributed by atoms with E-state index in [0.29, 0.717) is 24.0 Å². The molecule has 10 nitrogen and oxygen atoms in total. The Morgan fingerprint density at radius 2 is 1.97 bits per heavy atom. The van der Waals surface area contributed by atoms with Crippen molar-refractivity contribution in [1.82, 2.24) is 18.4 Å². The topological polar surface area (TPSA) is 138 Å². The second-order valence-electron chi connectivity index (χ2n) is 7.25. The summed E-state index contributed by atoms with van der Waals surface area (Å²) in [5.74, 6) is -1.13. The highest BCUT2D eigenvalue weighted by molar-refractivity contribution is 7.89. The first-order valence-corrected chi connectivity index (χ1v) is 11.0. The lowest BCUT2D eigenvalue weighted by atomic mass is 10.1. The highest BCUT2D eigenvalue weighted by atomic mass is 32.2. The fraction of sp³-hybridized carbons (Fsp3) is 0.300. The molecule has 3 heterocycles. The zero-order valence-corrected chi connectivity index (χ0v) is 17.2. The van der Waals surface area contributed by atoms with Crippen LogP contribution in [0.5, 0.6) is 0 Å². The molecule has 0 amide bonds. The van der Waals surface area contributed by atoms with E-state index in [1.54, 1.807) is 12.1 Å². The quantitative estimate of drug-likeness (QED) is 0.627. The van der Waals surface area contributed by atoms with Gasteiger partial charge in [-0.25, -0.2) is 18.2 Å². The third kappa shape index (κ3) is 3.71. The zero-order valence-electron chi connectivity index (χ0n) is 16.4. The Labute approximate surface area is 177 Å². The molecule has 31 heavy (non-hydrogen) atoms. The van der Waals surface area contributed by atoms with Crippen molar-refractivity contribution in [2.24, 2.45) is 0 Å². The molecule has 4 rings (SSSR count). The highest BCUT2D eigenvalue weighted by Crippen LogP contribution is 2.28. The predicted octanol–water partition coefficient (Wildman–Crippen LogP) is 1.18. The van der Waals surface area contributed by atoms with E-state index in [1.807, 2.05) is 6.07 Å². The molecule has 1 fully saturated rings. The first-order chi connectivity index (χ1) is 14.8. The average molecular weight is 441 g/mol. The summed E-state index contributed by atoms with van der Waals surface area (Å²) in [6, 6.07) is 10.8. The summed E-state index contributed by atoms with van der Waals surface area (Å²) < 4.78 is 29.9. The Balaban J connectivity index is 1.62. The fourth-order valence-corrected chi connectivity index (χ4v) is 5.46.